The number of nitrogens with zero attached hydrogens (tertiary/aromatic N) is 3. The number of aryl methyl sites for hydroxylation is 1. The number of rotatable bonds is 3. The lowest BCUT2D eigenvalue weighted by atomic mass is 10.0. The zero-order chi connectivity index (χ0) is 14.8. The van der Waals surface area contributed by atoms with Crippen LogP contribution < -0.4 is 4.74 Å². The van der Waals surface area contributed by atoms with Gasteiger partial charge in [0.25, 0.3) is 0 Å². The summed E-state index contributed by atoms with van der Waals surface area (Å²) in [6.07, 6.45) is 1.98. The molecule has 0 saturated heterocycles. The van der Waals surface area contributed by atoms with Crippen molar-refractivity contribution in [2.75, 3.05) is 6.61 Å². The van der Waals surface area contributed by atoms with Gasteiger partial charge in [0.15, 0.2) is 0 Å². The molecule has 4 nitrogen and oxygen atoms in total. The maximum atomic E-state index is 8.90. The largest absolute Gasteiger partial charge is 0.478 e. The average molecular weight is 277 g/mol. The second kappa shape index (κ2) is 5.29. The van der Waals surface area contributed by atoms with E-state index in [2.05, 4.69) is 17.1 Å². The number of benzene rings is 1. The van der Waals surface area contributed by atoms with Gasteiger partial charge in [0.1, 0.15) is 0 Å². The van der Waals surface area contributed by atoms with Gasteiger partial charge in [0, 0.05) is 18.8 Å². The standard InChI is InChI=1S/C17H15N3O/c1-3-21-17-14(13-6-4-12(11-18)5-7-13)10-16-15(19-17)8-9-20(16)2/h4-10H,3H2,1-2H3. The van der Waals surface area contributed by atoms with Crippen LogP contribution in [0.25, 0.3) is 22.2 Å². The summed E-state index contributed by atoms with van der Waals surface area (Å²) < 4.78 is 7.71. The fourth-order valence-corrected chi connectivity index (χ4v) is 2.35. The van der Waals surface area contributed by atoms with Gasteiger partial charge >= 0.3 is 0 Å². The molecule has 104 valence electrons. The molecule has 0 aliphatic rings. The fourth-order valence-electron chi connectivity index (χ4n) is 2.35. The van der Waals surface area contributed by atoms with Crippen LogP contribution in [0.3, 0.4) is 0 Å². The Labute approximate surface area is 123 Å². The van der Waals surface area contributed by atoms with Crippen molar-refractivity contribution in [3.63, 3.8) is 0 Å². The van der Waals surface area contributed by atoms with Gasteiger partial charge in [0.2, 0.25) is 5.88 Å². The van der Waals surface area contributed by atoms with E-state index >= 15 is 0 Å². The Morgan fingerprint density at radius 2 is 2.00 bits per heavy atom. The van der Waals surface area contributed by atoms with Crippen LogP contribution in [-0.2, 0) is 7.05 Å². The van der Waals surface area contributed by atoms with E-state index in [4.69, 9.17) is 10.00 Å². The summed E-state index contributed by atoms with van der Waals surface area (Å²) in [6.45, 7) is 2.51. The van der Waals surface area contributed by atoms with E-state index in [-0.39, 0.29) is 0 Å². The van der Waals surface area contributed by atoms with Gasteiger partial charge in [0.05, 0.1) is 29.3 Å². The van der Waals surface area contributed by atoms with E-state index in [0.717, 1.165) is 22.2 Å². The van der Waals surface area contributed by atoms with E-state index in [1.54, 1.807) is 12.1 Å². The molecule has 4 heteroatoms. The molecule has 0 N–H and O–H groups in total. The van der Waals surface area contributed by atoms with E-state index in [1.807, 2.05) is 42.9 Å². The Kier molecular flexibility index (Phi) is 3.33. The van der Waals surface area contributed by atoms with Gasteiger partial charge in [-0.15, -0.1) is 0 Å². The lowest BCUT2D eigenvalue weighted by molar-refractivity contribution is 0.329. The zero-order valence-electron chi connectivity index (χ0n) is 12.0. The molecule has 0 amide bonds. The van der Waals surface area contributed by atoms with Crippen molar-refractivity contribution in [1.82, 2.24) is 9.55 Å². The SMILES string of the molecule is CCOc1nc2ccn(C)c2cc1-c1ccc(C#N)cc1. The lowest BCUT2D eigenvalue weighted by Gasteiger charge is -2.10. The number of hydrogen-bond acceptors (Lipinski definition) is 3. The van der Waals surface area contributed by atoms with Crippen molar-refractivity contribution in [3.8, 4) is 23.1 Å². The highest BCUT2D eigenvalue weighted by molar-refractivity contribution is 5.84. The van der Waals surface area contributed by atoms with Crippen LogP contribution in [0, 0.1) is 11.3 Å². The summed E-state index contributed by atoms with van der Waals surface area (Å²) in [5, 5.41) is 8.90. The van der Waals surface area contributed by atoms with Gasteiger partial charge in [-0.3, -0.25) is 0 Å². The topological polar surface area (TPSA) is 50.8 Å². The molecule has 0 saturated carbocycles. The summed E-state index contributed by atoms with van der Waals surface area (Å²) in [7, 11) is 1.99. The molecule has 0 bridgehead atoms. The van der Waals surface area contributed by atoms with Crippen molar-refractivity contribution >= 4 is 11.0 Å². The quantitative estimate of drug-likeness (QED) is 0.736. The smallest absolute Gasteiger partial charge is 0.222 e. The molecule has 3 rings (SSSR count). The molecule has 0 atom stereocenters. The molecule has 0 aliphatic carbocycles. The average Bonchev–Trinajstić information content (AvgIpc) is 2.88. The molecule has 2 heterocycles. The molecule has 0 spiro atoms. The molecule has 0 unspecified atom stereocenters. The predicted octanol–water partition coefficient (Wildman–Crippen LogP) is 3.51. The van der Waals surface area contributed by atoms with E-state index in [0.29, 0.717) is 18.1 Å². The maximum absolute atomic E-state index is 8.90. The van der Waals surface area contributed by atoms with Crippen molar-refractivity contribution in [3.05, 3.63) is 48.2 Å². The Morgan fingerprint density at radius 3 is 2.67 bits per heavy atom. The number of pyridine rings is 1. The minimum Gasteiger partial charge on any atom is -0.478 e. The van der Waals surface area contributed by atoms with Crippen LogP contribution in [0.1, 0.15) is 12.5 Å². The number of ether oxygens (including phenoxy) is 1. The predicted molar refractivity (Wildman–Crippen MR) is 82.0 cm³/mol. The molecular weight excluding hydrogens is 262 g/mol. The Hall–Kier alpha value is -2.80. The third-order valence-corrected chi connectivity index (χ3v) is 3.44. The van der Waals surface area contributed by atoms with Gasteiger partial charge in [-0.2, -0.15) is 5.26 Å². The zero-order valence-corrected chi connectivity index (χ0v) is 12.0. The van der Waals surface area contributed by atoms with Gasteiger partial charge in [-0.05, 0) is 36.8 Å². The minimum absolute atomic E-state index is 0.564. The Bertz CT molecular complexity index is 826. The summed E-state index contributed by atoms with van der Waals surface area (Å²) in [5.74, 6) is 0.626. The molecule has 0 radical (unpaired) electrons. The molecule has 1 aromatic carbocycles. The summed E-state index contributed by atoms with van der Waals surface area (Å²) in [4.78, 5) is 4.60. The third kappa shape index (κ3) is 2.34. The second-order valence-corrected chi connectivity index (χ2v) is 4.79. The normalized spacial score (nSPS) is 10.5. The van der Waals surface area contributed by atoms with E-state index in [1.165, 1.54) is 0 Å². The van der Waals surface area contributed by atoms with Gasteiger partial charge < -0.3 is 9.30 Å². The highest BCUT2D eigenvalue weighted by atomic mass is 16.5. The molecule has 0 aliphatic heterocycles. The lowest BCUT2D eigenvalue weighted by Crippen LogP contribution is -1.98. The first-order valence-corrected chi connectivity index (χ1v) is 6.82. The molecule has 0 fully saturated rings. The van der Waals surface area contributed by atoms with Crippen LogP contribution >= 0.6 is 0 Å². The van der Waals surface area contributed by atoms with Crippen molar-refractivity contribution in [1.29, 1.82) is 5.26 Å². The highest BCUT2D eigenvalue weighted by Crippen LogP contribution is 2.32. The fraction of sp³-hybridized carbons (Fsp3) is 0.176. The Balaban J connectivity index is 2.19. The molecule has 3 aromatic rings. The summed E-state index contributed by atoms with van der Waals surface area (Å²) in [5.41, 5.74) is 4.55. The number of hydrogen-bond donors (Lipinski definition) is 0. The van der Waals surface area contributed by atoms with Gasteiger partial charge in [-0.25, -0.2) is 4.98 Å². The monoisotopic (exact) mass is 277 g/mol. The highest BCUT2D eigenvalue weighted by Gasteiger charge is 2.12. The first-order chi connectivity index (χ1) is 10.2. The van der Waals surface area contributed by atoms with Crippen LogP contribution in [0.15, 0.2) is 42.6 Å². The summed E-state index contributed by atoms with van der Waals surface area (Å²) in [6, 6.07) is 13.6. The summed E-state index contributed by atoms with van der Waals surface area (Å²) >= 11 is 0. The maximum Gasteiger partial charge on any atom is 0.222 e. The van der Waals surface area contributed by atoms with Crippen LogP contribution in [0.5, 0.6) is 5.88 Å². The third-order valence-electron chi connectivity index (χ3n) is 3.44. The molecule has 21 heavy (non-hydrogen) atoms. The molecule has 2 aromatic heterocycles. The van der Waals surface area contributed by atoms with Crippen molar-refractivity contribution < 1.29 is 4.74 Å². The van der Waals surface area contributed by atoms with E-state index < -0.39 is 0 Å². The van der Waals surface area contributed by atoms with Crippen molar-refractivity contribution in [2.45, 2.75) is 6.92 Å². The van der Waals surface area contributed by atoms with Crippen LogP contribution in [-0.4, -0.2) is 16.2 Å². The second-order valence-electron chi connectivity index (χ2n) is 4.79. The number of fused-ring (bicyclic) bond motifs is 1. The molecular formula is C17H15N3O. The number of aromatic nitrogens is 2. The van der Waals surface area contributed by atoms with E-state index in [9.17, 15) is 0 Å². The first-order valence-electron chi connectivity index (χ1n) is 6.82. The van der Waals surface area contributed by atoms with Crippen molar-refractivity contribution in [2.24, 2.45) is 7.05 Å². The van der Waals surface area contributed by atoms with Crippen LogP contribution in [0.4, 0.5) is 0 Å². The van der Waals surface area contributed by atoms with Gasteiger partial charge in [-0.1, -0.05) is 12.1 Å². The number of nitriles is 1. The minimum atomic E-state index is 0.564. The first kappa shape index (κ1) is 13.2. The van der Waals surface area contributed by atoms with Crippen LogP contribution in [0.2, 0.25) is 0 Å². The Morgan fingerprint density at radius 1 is 1.24 bits per heavy atom.